The number of β-amino-alcohol motifs (C(OH)–C–C–N with tert-alkyl or cyclic N) is 1. The van der Waals surface area contributed by atoms with Crippen molar-refractivity contribution in [1.82, 2.24) is 5.32 Å². The highest BCUT2D eigenvalue weighted by atomic mass is 32.1. The number of nitrogens with two attached hydrogens (primary N) is 2. The average Bonchev–Trinajstić information content (AvgIpc) is 2.92. The number of carbonyl (C=O) groups is 2. The van der Waals surface area contributed by atoms with E-state index in [0.29, 0.717) is 24.5 Å². The third kappa shape index (κ3) is 2.36. The molecule has 0 saturated carbocycles. The van der Waals surface area contributed by atoms with Gasteiger partial charge in [-0.25, -0.2) is 0 Å². The third-order valence-corrected chi connectivity index (χ3v) is 4.32. The van der Waals surface area contributed by atoms with Crippen molar-refractivity contribution in [3.05, 3.63) is 10.4 Å². The van der Waals surface area contributed by atoms with E-state index in [2.05, 4.69) is 5.32 Å². The van der Waals surface area contributed by atoms with Gasteiger partial charge in [-0.15, -0.1) is 11.3 Å². The minimum atomic E-state index is -0.666. The summed E-state index contributed by atoms with van der Waals surface area (Å²) in [6.07, 6.45) is 0.179. The molecule has 8 heteroatoms. The Labute approximate surface area is 114 Å². The average molecular weight is 284 g/mol. The van der Waals surface area contributed by atoms with Gasteiger partial charge in [0.05, 0.1) is 17.4 Å². The molecule has 1 fully saturated rings. The van der Waals surface area contributed by atoms with Crippen LogP contribution in [0.2, 0.25) is 0 Å². The van der Waals surface area contributed by atoms with Gasteiger partial charge in [-0.3, -0.25) is 9.59 Å². The lowest BCUT2D eigenvalue weighted by molar-refractivity contribution is 0.0967. The molecule has 0 spiro atoms. The standard InChI is InChI=1S/C11H16N4O3S/c1-14-10(18)8-7(12)6(9(13)17)11(19-8)15-3-2-5(16)4-15/h5,16H,2-4,12H2,1H3,(H2,13,17)(H,14,18). The highest BCUT2D eigenvalue weighted by molar-refractivity contribution is 7.19. The molecule has 2 heterocycles. The summed E-state index contributed by atoms with van der Waals surface area (Å²) in [5, 5.41) is 12.6. The summed E-state index contributed by atoms with van der Waals surface area (Å²) >= 11 is 1.12. The molecule has 1 aliphatic rings. The molecule has 1 atom stereocenters. The van der Waals surface area contributed by atoms with Crippen LogP contribution in [0.3, 0.4) is 0 Å². The van der Waals surface area contributed by atoms with E-state index in [4.69, 9.17) is 11.5 Å². The molecule has 19 heavy (non-hydrogen) atoms. The SMILES string of the molecule is CNC(=O)c1sc(N2CCC(O)C2)c(C(N)=O)c1N. The second-order valence-corrected chi connectivity index (χ2v) is 5.36. The molecule has 1 aromatic heterocycles. The van der Waals surface area contributed by atoms with Crippen LogP contribution in [0.5, 0.6) is 0 Å². The number of aliphatic hydroxyl groups excluding tert-OH is 1. The first-order valence-corrected chi connectivity index (χ1v) is 6.64. The molecule has 0 aromatic carbocycles. The monoisotopic (exact) mass is 284 g/mol. The van der Waals surface area contributed by atoms with Gasteiger partial charge in [0.15, 0.2) is 0 Å². The van der Waals surface area contributed by atoms with E-state index in [-0.39, 0.29) is 22.0 Å². The van der Waals surface area contributed by atoms with Crippen molar-refractivity contribution < 1.29 is 14.7 Å². The number of rotatable bonds is 3. The lowest BCUT2D eigenvalue weighted by Gasteiger charge is -2.16. The van der Waals surface area contributed by atoms with E-state index in [1.165, 1.54) is 7.05 Å². The number of hydrogen-bond donors (Lipinski definition) is 4. The molecule has 104 valence electrons. The van der Waals surface area contributed by atoms with Crippen molar-refractivity contribution in [2.24, 2.45) is 5.73 Å². The van der Waals surface area contributed by atoms with Crippen molar-refractivity contribution in [3.63, 3.8) is 0 Å². The summed E-state index contributed by atoms with van der Waals surface area (Å²) in [4.78, 5) is 25.3. The van der Waals surface area contributed by atoms with Crippen LogP contribution in [-0.2, 0) is 0 Å². The van der Waals surface area contributed by atoms with Crippen LogP contribution in [0.25, 0.3) is 0 Å². The summed E-state index contributed by atoms with van der Waals surface area (Å²) in [6, 6.07) is 0. The molecule has 1 aromatic rings. The van der Waals surface area contributed by atoms with Crippen LogP contribution in [0.4, 0.5) is 10.7 Å². The predicted molar refractivity (Wildman–Crippen MR) is 73.5 cm³/mol. The number of hydrogen-bond acceptors (Lipinski definition) is 6. The first-order valence-electron chi connectivity index (χ1n) is 5.82. The zero-order valence-electron chi connectivity index (χ0n) is 10.5. The van der Waals surface area contributed by atoms with Gasteiger partial charge in [-0.2, -0.15) is 0 Å². The number of nitrogens with zero attached hydrogens (tertiary/aromatic N) is 1. The Hall–Kier alpha value is -1.80. The van der Waals surface area contributed by atoms with Gasteiger partial charge in [0, 0.05) is 20.1 Å². The molecule has 0 radical (unpaired) electrons. The summed E-state index contributed by atoms with van der Waals surface area (Å²) in [7, 11) is 1.49. The number of nitrogens with one attached hydrogen (secondary N) is 1. The summed E-state index contributed by atoms with van der Waals surface area (Å²) in [6.45, 7) is 1.02. The fraction of sp³-hybridized carbons (Fsp3) is 0.455. The molecule has 7 nitrogen and oxygen atoms in total. The zero-order valence-corrected chi connectivity index (χ0v) is 11.3. The van der Waals surface area contributed by atoms with Crippen molar-refractivity contribution in [2.75, 3.05) is 30.8 Å². The molecule has 1 saturated heterocycles. The Balaban J connectivity index is 2.47. The maximum atomic E-state index is 11.7. The number of carbonyl (C=O) groups excluding carboxylic acids is 2. The minimum absolute atomic E-state index is 0.105. The van der Waals surface area contributed by atoms with Crippen LogP contribution in [0.15, 0.2) is 0 Å². The van der Waals surface area contributed by atoms with E-state index in [0.717, 1.165) is 11.3 Å². The quantitative estimate of drug-likeness (QED) is 0.588. The van der Waals surface area contributed by atoms with Gasteiger partial charge in [0.2, 0.25) is 0 Å². The zero-order chi connectivity index (χ0) is 14.2. The number of nitrogen functional groups attached to an aromatic ring is 1. The fourth-order valence-electron chi connectivity index (χ4n) is 2.10. The molecule has 2 rings (SSSR count). The number of aliphatic hydroxyl groups is 1. The largest absolute Gasteiger partial charge is 0.397 e. The van der Waals surface area contributed by atoms with E-state index in [1.54, 1.807) is 0 Å². The van der Waals surface area contributed by atoms with Gasteiger partial charge >= 0.3 is 0 Å². The lowest BCUT2D eigenvalue weighted by atomic mass is 10.2. The van der Waals surface area contributed by atoms with Crippen LogP contribution in [-0.4, -0.2) is 43.2 Å². The fourth-order valence-corrected chi connectivity index (χ4v) is 3.31. The topological polar surface area (TPSA) is 122 Å². The van der Waals surface area contributed by atoms with Gasteiger partial charge in [0.1, 0.15) is 9.88 Å². The van der Waals surface area contributed by atoms with Crippen LogP contribution in [0, 0.1) is 0 Å². The number of anilines is 2. The number of primary amides is 1. The van der Waals surface area contributed by atoms with Gasteiger partial charge in [0.25, 0.3) is 11.8 Å². The smallest absolute Gasteiger partial charge is 0.263 e. The molecule has 0 bridgehead atoms. The Morgan fingerprint density at radius 2 is 2.21 bits per heavy atom. The van der Waals surface area contributed by atoms with Gasteiger partial charge < -0.3 is 26.8 Å². The summed E-state index contributed by atoms with van der Waals surface area (Å²) in [5.74, 6) is -1.02. The second kappa shape index (κ2) is 5.06. The van der Waals surface area contributed by atoms with E-state index in [1.807, 2.05) is 4.90 Å². The van der Waals surface area contributed by atoms with Crippen LogP contribution in [0.1, 0.15) is 26.5 Å². The Kier molecular flexibility index (Phi) is 3.63. The molecule has 1 aliphatic heterocycles. The maximum absolute atomic E-state index is 11.7. The van der Waals surface area contributed by atoms with E-state index >= 15 is 0 Å². The Morgan fingerprint density at radius 1 is 1.53 bits per heavy atom. The van der Waals surface area contributed by atoms with Crippen molar-refractivity contribution in [2.45, 2.75) is 12.5 Å². The molecule has 6 N–H and O–H groups in total. The number of thiophene rings is 1. The summed E-state index contributed by atoms with van der Waals surface area (Å²) in [5.41, 5.74) is 11.5. The third-order valence-electron chi connectivity index (χ3n) is 3.06. The molecular weight excluding hydrogens is 268 g/mol. The maximum Gasteiger partial charge on any atom is 0.263 e. The van der Waals surface area contributed by atoms with Crippen molar-refractivity contribution in [1.29, 1.82) is 0 Å². The normalized spacial score (nSPS) is 18.6. The van der Waals surface area contributed by atoms with Gasteiger partial charge in [-0.05, 0) is 6.42 Å². The highest BCUT2D eigenvalue weighted by Gasteiger charge is 2.30. The first kappa shape index (κ1) is 13.6. The van der Waals surface area contributed by atoms with Crippen LogP contribution < -0.4 is 21.7 Å². The Bertz CT molecular complexity index is 528. The predicted octanol–water partition coefficient (Wildman–Crippen LogP) is -0.640. The highest BCUT2D eigenvalue weighted by Crippen LogP contribution is 2.39. The molecule has 0 aliphatic carbocycles. The Morgan fingerprint density at radius 3 is 2.68 bits per heavy atom. The van der Waals surface area contributed by atoms with E-state index in [9.17, 15) is 14.7 Å². The molecular formula is C11H16N4O3S. The van der Waals surface area contributed by atoms with Crippen LogP contribution >= 0.6 is 11.3 Å². The number of amides is 2. The first-order chi connectivity index (χ1) is 8.95. The molecule has 1 unspecified atom stereocenters. The minimum Gasteiger partial charge on any atom is -0.397 e. The van der Waals surface area contributed by atoms with E-state index < -0.39 is 12.0 Å². The van der Waals surface area contributed by atoms with Gasteiger partial charge in [-0.1, -0.05) is 0 Å². The second-order valence-electron chi connectivity index (χ2n) is 4.36. The summed E-state index contributed by atoms with van der Waals surface area (Å²) < 4.78 is 0. The molecule has 2 amide bonds. The van der Waals surface area contributed by atoms with Crippen molar-refractivity contribution >= 4 is 33.8 Å². The lowest BCUT2D eigenvalue weighted by Crippen LogP contribution is -2.24. The van der Waals surface area contributed by atoms with Crippen molar-refractivity contribution in [3.8, 4) is 0 Å².